The quantitative estimate of drug-likeness (QED) is 0.530. The van der Waals surface area contributed by atoms with Crippen LogP contribution in [0.1, 0.15) is 0 Å². The maximum atomic E-state index is 10.9. The minimum atomic E-state index is -2.02. The molecule has 1 aromatic rings. The minimum Gasteiger partial charge on any atom is -0.385 e. The molecule has 0 spiro atoms. The van der Waals surface area contributed by atoms with Crippen LogP contribution in [0.3, 0.4) is 0 Å². The fraction of sp³-hybridized carbons (Fsp3) is 0. The van der Waals surface area contributed by atoms with Crippen LogP contribution < -0.4 is 5.73 Å². The second kappa shape index (κ2) is 3.80. The number of nitrogens with zero attached hydrogens (tertiary/aromatic N) is 5. The number of rotatable bonds is 2. The van der Waals surface area contributed by atoms with E-state index in [4.69, 9.17) is 5.73 Å². The Kier molecular flexibility index (Phi) is 2.67. The number of amides is 1. The molecule has 1 amide bonds. The molecule has 0 unspecified atom stereocenters. The molecule has 0 aromatic carbocycles. The van der Waals surface area contributed by atoms with Crippen molar-refractivity contribution in [1.82, 2.24) is 9.78 Å². The van der Waals surface area contributed by atoms with Crippen LogP contribution in [0.4, 0.5) is 22.1 Å². The van der Waals surface area contributed by atoms with Crippen LogP contribution in [0.25, 0.3) is 0 Å². The van der Waals surface area contributed by atoms with E-state index in [2.05, 4.69) is 5.10 Å². The molecule has 90 valence electrons. The fourth-order valence-electron chi connectivity index (χ4n) is 0.931. The number of anilines is 1. The normalized spacial score (nSPS) is 9.88. The number of hydrogen-bond donors (Lipinski definition) is 1. The van der Waals surface area contributed by atoms with Gasteiger partial charge in [0.1, 0.15) is 0 Å². The summed E-state index contributed by atoms with van der Waals surface area (Å²) in [7, 11) is 0. The van der Waals surface area contributed by atoms with Gasteiger partial charge in [-0.15, -0.1) is 0 Å². The van der Waals surface area contributed by atoms with E-state index < -0.39 is 38.1 Å². The van der Waals surface area contributed by atoms with Gasteiger partial charge in [-0.05, 0) is 9.85 Å². The van der Waals surface area contributed by atoms with Gasteiger partial charge >= 0.3 is 17.7 Å². The summed E-state index contributed by atoms with van der Waals surface area (Å²) < 4.78 is -0.340. The number of carbonyl (C=O) groups is 1. The molecule has 13 heteroatoms. The van der Waals surface area contributed by atoms with Gasteiger partial charge < -0.3 is 36.1 Å². The Hall–Kier alpha value is -3.12. The largest absolute Gasteiger partial charge is 0.588 e. The van der Waals surface area contributed by atoms with Gasteiger partial charge in [-0.2, -0.15) is 4.79 Å². The van der Waals surface area contributed by atoms with Crippen LogP contribution in [0.5, 0.6) is 0 Å². The van der Waals surface area contributed by atoms with Crippen molar-refractivity contribution in [3.8, 4) is 0 Å². The number of nitrogens with two attached hydrogens (primary N) is 1. The zero-order valence-electron chi connectivity index (χ0n) is 7.67. The lowest BCUT2D eigenvalue weighted by Gasteiger charge is -1.92. The van der Waals surface area contributed by atoms with E-state index in [1.54, 1.807) is 0 Å². The van der Waals surface area contributed by atoms with Crippen LogP contribution in [-0.2, 0) is 0 Å². The molecular formula is C4H2N6O7. The summed E-state index contributed by atoms with van der Waals surface area (Å²) in [5, 5.41) is 33.8. The Morgan fingerprint density at radius 1 is 1.18 bits per heavy atom. The van der Waals surface area contributed by atoms with Crippen LogP contribution in [0.2, 0.25) is 0 Å². The summed E-state index contributed by atoms with van der Waals surface area (Å²) in [6.07, 6.45) is 0. The number of nitrogen functional groups attached to an aromatic ring is 1. The standard InChI is InChI=1S/C4H2N6O7/c5-1-2(8(12)13)6-7(3(1)9(14)15)4(11)10(16)17/h5H2. The van der Waals surface area contributed by atoms with Gasteiger partial charge in [-0.25, -0.2) is 0 Å². The molecule has 0 atom stereocenters. The molecule has 1 aromatic heterocycles. The van der Waals surface area contributed by atoms with Gasteiger partial charge in [0.2, 0.25) is 5.69 Å². The van der Waals surface area contributed by atoms with E-state index in [0.717, 1.165) is 0 Å². The first-order valence-electron chi connectivity index (χ1n) is 3.63. The molecule has 0 bridgehead atoms. The topological polar surface area (TPSA) is 190 Å². The molecule has 13 nitrogen and oxygen atoms in total. The molecule has 0 aliphatic rings. The Labute approximate surface area is 89.9 Å². The number of carbonyl (C=O) groups excluding carboxylic acids is 1. The van der Waals surface area contributed by atoms with E-state index in [-0.39, 0.29) is 4.68 Å². The van der Waals surface area contributed by atoms with Gasteiger partial charge in [0.25, 0.3) is 0 Å². The van der Waals surface area contributed by atoms with Crippen molar-refractivity contribution >= 4 is 23.4 Å². The monoisotopic (exact) mass is 246 g/mol. The lowest BCUT2D eigenvalue weighted by molar-refractivity contribution is -0.400. The SMILES string of the molecule is Nc1c([N+](=O)[O-])nn(C(=O)[N+](=O)[O-])c1[N+](=O)[O-]. The van der Waals surface area contributed by atoms with Crippen molar-refractivity contribution in [3.63, 3.8) is 0 Å². The fourth-order valence-corrected chi connectivity index (χ4v) is 0.931. The number of hydrogen-bond acceptors (Lipinski definition) is 9. The molecule has 0 radical (unpaired) electrons. The van der Waals surface area contributed by atoms with Gasteiger partial charge in [0.05, 0.1) is 4.68 Å². The van der Waals surface area contributed by atoms with Crippen LogP contribution in [-0.4, -0.2) is 30.6 Å². The van der Waals surface area contributed by atoms with Gasteiger partial charge in [-0.3, -0.25) is 0 Å². The van der Waals surface area contributed by atoms with E-state index in [0.29, 0.717) is 0 Å². The first-order chi connectivity index (χ1) is 7.77. The van der Waals surface area contributed by atoms with Crippen LogP contribution >= 0.6 is 0 Å². The van der Waals surface area contributed by atoms with Crippen molar-refractivity contribution in [2.45, 2.75) is 0 Å². The first-order valence-corrected chi connectivity index (χ1v) is 3.63. The molecule has 17 heavy (non-hydrogen) atoms. The number of aromatic nitrogens is 2. The third-order valence-electron chi connectivity index (χ3n) is 1.56. The zero-order chi connectivity index (χ0) is 13.3. The van der Waals surface area contributed by atoms with Gasteiger partial charge in [-0.1, -0.05) is 0 Å². The highest BCUT2D eigenvalue weighted by molar-refractivity contribution is 5.78. The third-order valence-corrected chi connectivity index (χ3v) is 1.56. The molecule has 0 fully saturated rings. The van der Waals surface area contributed by atoms with Gasteiger partial charge in [0.15, 0.2) is 5.10 Å². The van der Waals surface area contributed by atoms with Crippen LogP contribution in [0, 0.1) is 30.3 Å². The highest BCUT2D eigenvalue weighted by Crippen LogP contribution is 2.30. The highest BCUT2D eigenvalue weighted by atomic mass is 16.7. The second-order valence-corrected chi connectivity index (χ2v) is 2.53. The zero-order valence-corrected chi connectivity index (χ0v) is 7.67. The van der Waals surface area contributed by atoms with Crippen molar-refractivity contribution < 1.29 is 19.6 Å². The smallest absolute Gasteiger partial charge is 0.385 e. The lowest BCUT2D eigenvalue weighted by Crippen LogP contribution is -2.22. The predicted octanol–water partition coefficient (Wildman–Crippen LogP) is -0.473. The second-order valence-electron chi connectivity index (χ2n) is 2.53. The molecule has 0 aliphatic heterocycles. The molecule has 0 aliphatic carbocycles. The Bertz CT molecular complexity index is 545. The predicted molar refractivity (Wildman–Crippen MR) is 47.7 cm³/mol. The third kappa shape index (κ3) is 1.83. The molecule has 0 saturated carbocycles. The summed E-state index contributed by atoms with van der Waals surface area (Å²) in [5.41, 5.74) is 3.97. The van der Waals surface area contributed by atoms with Crippen molar-refractivity contribution in [1.29, 1.82) is 0 Å². The minimum absolute atomic E-state index is 0.340. The van der Waals surface area contributed by atoms with E-state index in [1.165, 1.54) is 0 Å². The average Bonchev–Trinajstić information content (AvgIpc) is 2.54. The molecule has 2 N–H and O–H groups in total. The van der Waals surface area contributed by atoms with Crippen molar-refractivity contribution in [2.24, 2.45) is 0 Å². The van der Waals surface area contributed by atoms with Gasteiger partial charge in [0, 0.05) is 4.92 Å². The Morgan fingerprint density at radius 2 is 1.71 bits per heavy atom. The maximum absolute atomic E-state index is 10.9. The highest BCUT2D eigenvalue weighted by Gasteiger charge is 2.42. The molecule has 1 rings (SSSR count). The summed E-state index contributed by atoms with van der Waals surface area (Å²) in [5.74, 6) is -2.52. The summed E-state index contributed by atoms with van der Waals surface area (Å²) in [6, 6.07) is -2.02. The number of nitro groups is 3. The molecule has 0 saturated heterocycles. The summed E-state index contributed by atoms with van der Waals surface area (Å²) in [4.78, 5) is 37.8. The summed E-state index contributed by atoms with van der Waals surface area (Å²) in [6.45, 7) is 0. The van der Waals surface area contributed by atoms with Crippen molar-refractivity contribution in [3.05, 3.63) is 30.3 Å². The average molecular weight is 246 g/mol. The van der Waals surface area contributed by atoms with E-state index in [1.807, 2.05) is 0 Å². The van der Waals surface area contributed by atoms with E-state index in [9.17, 15) is 35.1 Å². The molecule has 1 heterocycles. The van der Waals surface area contributed by atoms with E-state index >= 15 is 0 Å². The molecular weight excluding hydrogens is 244 g/mol. The lowest BCUT2D eigenvalue weighted by atomic mass is 10.5. The Balaban J connectivity index is 3.55. The first kappa shape index (κ1) is 12.0. The Morgan fingerprint density at radius 3 is 2.06 bits per heavy atom. The maximum Gasteiger partial charge on any atom is 0.588 e. The van der Waals surface area contributed by atoms with Crippen LogP contribution in [0.15, 0.2) is 0 Å². The summed E-state index contributed by atoms with van der Waals surface area (Å²) >= 11 is 0. The van der Waals surface area contributed by atoms with Crippen molar-refractivity contribution in [2.75, 3.05) is 5.73 Å².